The highest BCUT2D eigenvalue weighted by Gasteiger charge is 2.07. The molecule has 0 fully saturated rings. The first-order valence-electron chi connectivity index (χ1n) is 19.8. The molecular weight excluding hydrogens is 762 g/mol. The first-order valence-corrected chi connectivity index (χ1v) is 20.5. The minimum atomic E-state index is -1.17. The number of nitrogens with one attached hydrogen (secondary N) is 1. The smallest absolute Gasteiger partial charge is 0.427 e. The first kappa shape index (κ1) is 56.2. The van der Waals surface area contributed by atoms with E-state index in [1.165, 1.54) is 79.1 Å². The first-order chi connectivity index (χ1) is 26.8. The summed E-state index contributed by atoms with van der Waals surface area (Å²) >= 11 is 11.7. The van der Waals surface area contributed by atoms with E-state index < -0.39 is 7.12 Å². The van der Waals surface area contributed by atoms with Gasteiger partial charge in [-0.3, -0.25) is 9.97 Å². The third kappa shape index (κ3) is 18.4. The minimum absolute atomic E-state index is 0. The Morgan fingerprint density at radius 3 is 1.19 bits per heavy atom. The predicted octanol–water partition coefficient (Wildman–Crippen LogP) is 13.4. The number of rotatable bonds is 1. The van der Waals surface area contributed by atoms with Gasteiger partial charge >= 0.3 is 7.12 Å². The van der Waals surface area contributed by atoms with Gasteiger partial charge in [0.15, 0.2) is 0 Å². The lowest BCUT2D eigenvalue weighted by Crippen LogP contribution is -2.02. The van der Waals surface area contributed by atoms with Crippen molar-refractivity contribution in [2.24, 2.45) is 0 Å². The maximum Gasteiger partial charge on any atom is 0.448 e. The van der Waals surface area contributed by atoms with Crippen molar-refractivity contribution >= 4 is 36.1 Å². The third-order valence-electron chi connectivity index (χ3n) is 10.5. The van der Waals surface area contributed by atoms with E-state index >= 15 is 0 Å². The highest BCUT2D eigenvalue weighted by molar-refractivity contribution is 6.39. The second kappa shape index (κ2) is 27.7. The second-order valence-electron chi connectivity index (χ2n) is 14.3. The van der Waals surface area contributed by atoms with Crippen LogP contribution in [0.4, 0.5) is 5.82 Å². The number of aryl methyl sites for hydroxylation is 7. The fourth-order valence-corrected chi connectivity index (χ4v) is 5.31. The summed E-state index contributed by atoms with van der Waals surface area (Å²) in [5.74, 6) is 0.996. The number of pyridine rings is 5. The van der Waals surface area contributed by atoms with Gasteiger partial charge in [-0.05, 0) is 215 Å². The van der Waals surface area contributed by atoms with Gasteiger partial charge in [0.1, 0.15) is 16.1 Å². The molecule has 0 amide bonds. The molecular formula is C47H81BCl2N6O2. The van der Waals surface area contributed by atoms with E-state index in [4.69, 9.17) is 33.2 Å². The van der Waals surface area contributed by atoms with Crippen molar-refractivity contribution < 1.29 is 15.8 Å². The topological polar surface area (TPSA) is 117 Å². The van der Waals surface area contributed by atoms with Gasteiger partial charge in [0.25, 0.3) is 0 Å². The molecule has 0 aliphatic carbocycles. The van der Waals surface area contributed by atoms with Gasteiger partial charge in [0.05, 0.1) is 0 Å². The lowest BCUT2D eigenvalue weighted by Gasteiger charge is -2.11. The van der Waals surface area contributed by atoms with Gasteiger partial charge in [-0.1, -0.05) is 37.0 Å². The van der Waals surface area contributed by atoms with Crippen LogP contribution in [-0.2, 0) is 0 Å². The standard InChI is InChI=1S/C10H16N2.C9H12ClN.C9H13N.C8H10ClN.C8H11N.C2H6.CH5BO2.4H2/c1-6-7(2)9(4)12-10(11-5)8(6)3;1-5-6(2)8(4)11-9(10)7(5)3;1-6-5-10-9(4)8(3)7(6)2;1-5-4-10-8(9)7(3)6(5)2;1-6-4-9-5-7(2)8(6)3;1-2;1-2(3)4;;;;/h1-5H3,(H,11,12);1-4H3;5H,1-4H3;4H,1-3H3;4-5H,1-3H3;1-2H3;3-4H,1H3;4*1H/i;;;;;;;4*1+1. The zero-order valence-corrected chi connectivity index (χ0v) is 41.3. The Labute approximate surface area is 368 Å². The van der Waals surface area contributed by atoms with Gasteiger partial charge < -0.3 is 15.4 Å². The highest BCUT2D eigenvalue weighted by atomic mass is 35.5. The van der Waals surface area contributed by atoms with Crippen molar-refractivity contribution in [1.82, 2.24) is 24.9 Å². The normalized spacial score (nSPS) is 9.55. The average molecular weight is 848 g/mol. The van der Waals surface area contributed by atoms with Crippen LogP contribution < -0.4 is 5.32 Å². The molecule has 5 rings (SSSR count). The highest BCUT2D eigenvalue weighted by Crippen LogP contribution is 2.22. The largest absolute Gasteiger partial charge is 0.448 e. The number of hydrogen-bond acceptors (Lipinski definition) is 8. The van der Waals surface area contributed by atoms with Crippen molar-refractivity contribution in [3.05, 3.63) is 136 Å². The van der Waals surface area contributed by atoms with Crippen LogP contribution >= 0.6 is 23.2 Å². The summed E-state index contributed by atoms with van der Waals surface area (Å²) in [5.41, 5.74) is 22.1. The zero-order chi connectivity index (χ0) is 45.8. The second-order valence-corrected chi connectivity index (χ2v) is 15.0. The lowest BCUT2D eigenvalue weighted by molar-refractivity contribution is 0.417. The molecule has 58 heavy (non-hydrogen) atoms. The van der Waals surface area contributed by atoms with E-state index in [-0.39, 0.29) is 5.71 Å². The van der Waals surface area contributed by atoms with Crippen molar-refractivity contribution in [2.45, 2.75) is 145 Å². The fraction of sp³-hybridized carbons (Fsp3) is 0.468. The molecule has 3 N–H and O–H groups in total. The molecule has 11 heteroatoms. The van der Waals surface area contributed by atoms with Crippen molar-refractivity contribution in [3.63, 3.8) is 0 Å². The summed E-state index contributed by atoms with van der Waals surface area (Å²) in [6, 6.07) is 0. The minimum Gasteiger partial charge on any atom is -0.427 e. The van der Waals surface area contributed by atoms with E-state index in [1.54, 1.807) is 6.20 Å². The van der Waals surface area contributed by atoms with Gasteiger partial charge in [-0.25, -0.2) is 15.0 Å². The van der Waals surface area contributed by atoms with E-state index in [0.29, 0.717) is 10.3 Å². The maximum absolute atomic E-state index is 7.61. The summed E-state index contributed by atoms with van der Waals surface area (Å²) < 4.78 is 0. The quantitative estimate of drug-likeness (QED) is 0.113. The maximum atomic E-state index is 7.61. The summed E-state index contributed by atoms with van der Waals surface area (Å²) in [6.07, 6.45) is 7.51. The molecule has 0 saturated carbocycles. The van der Waals surface area contributed by atoms with Crippen LogP contribution in [0.1, 0.15) is 120 Å². The molecule has 328 valence electrons. The Bertz CT molecular complexity index is 1920. The van der Waals surface area contributed by atoms with Crippen LogP contribution in [0.2, 0.25) is 17.1 Å². The molecule has 5 aromatic rings. The summed E-state index contributed by atoms with van der Waals surface area (Å²) in [4.78, 5) is 20.9. The van der Waals surface area contributed by atoms with Crippen molar-refractivity contribution in [1.29, 1.82) is 0 Å². The molecule has 0 saturated heterocycles. The SMILES string of the molecule is CB(O)O.CC.CNc1nc(C)c(C)c(C)c1C.Cc1cnc(C)c(C)c1C.Cc1cnc(Cl)c(C)c1C.Cc1cncc(C)c1C.Cc1nc(Cl)c(C)c(C)c1C.[2HH].[2HH].[2HH].[2HH]. The molecule has 0 spiro atoms. The molecule has 0 aromatic carbocycles. The predicted molar refractivity (Wildman–Crippen MR) is 262 cm³/mol. The van der Waals surface area contributed by atoms with E-state index in [2.05, 4.69) is 113 Å². The Morgan fingerprint density at radius 2 is 0.793 bits per heavy atom. The molecule has 0 atom stereocenters. The Kier molecular flexibility index (Phi) is 26.9. The number of halogens is 2. The Morgan fingerprint density at radius 1 is 0.448 bits per heavy atom. The molecule has 0 radical (unpaired) electrons. The van der Waals surface area contributed by atoms with Crippen LogP contribution in [0.5, 0.6) is 0 Å². The Balaban J connectivity index is -0.000000151. The number of aromatic nitrogens is 5. The van der Waals surface area contributed by atoms with Gasteiger partial charge in [-0.2, -0.15) is 0 Å². The molecule has 0 unspecified atom stereocenters. The van der Waals surface area contributed by atoms with E-state index in [0.717, 1.165) is 34.0 Å². The third-order valence-corrected chi connectivity index (χ3v) is 11.2. The molecule has 0 bridgehead atoms. The van der Waals surface area contributed by atoms with Crippen LogP contribution in [0.3, 0.4) is 0 Å². The van der Waals surface area contributed by atoms with Gasteiger partial charge in [0, 0.05) is 54.6 Å². The van der Waals surface area contributed by atoms with Crippen molar-refractivity contribution in [2.75, 3.05) is 12.4 Å². The molecule has 0 aliphatic rings. The van der Waals surface area contributed by atoms with Crippen LogP contribution in [0.15, 0.2) is 24.8 Å². The summed E-state index contributed by atoms with van der Waals surface area (Å²) in [6.45, 7) is 42.5. The summed E-state index contributed by atoms with van der Waals surface area (Å²) in [5, 5.41) is 19.6. The number of anilines is 1. The van der Waals surface area contributed by atoms with Gasteiger partial charge in [-0.15, -0.1) is 0 Å². The van der Waals surface area contributed by atoms with Crippen LogP contribution in [-0.4, -0.2) is 49.1 Å². The fourth-order valence-electron chi connectivity index (χ4n) is 4.85. The van der Waals surface area contributed by atoms with E-state index in [9.17, 15) is 0 Å². The number of nitrogens with zero attached hydrogens (tertiary/aromatic N) is 5. The van der Waals surface area contributed by atoms with Gasteiger partial charge in [0.2, 0.25) is 0 Å². The average Bonchev–Trinajstić information content (AvgIpc) is 3.18. The monoisotopic (exact) mass is 847 g/mol. The Hall–Kier alpha value is -3.89. The van der Waals surface area contributed by atoms with E-state index in [1.807, 2.05) is 81.0 Å². The van der Waals surface area contributed by atoms with Crippen molar-refractivity contribution in [3.8, 4) is 0 Å². The zero-order valence-electron chi connectivity index (χ0n) is 39.8. The number of hydrogen-bond donors (Lipinski definition) is 3. The molecule has 5 heterocycles. The summed E-state index contributed by atoms with van der Waals surface area (Å²) in [7, 11) is 0.740. The molecule has 5 aromatic heterocycles. The van der Waals surface area contributed by atoms with Crippen LogP contribution in [0.25, 0.3) is 0 Å². The van der Waals surface area contributed by atoms with Crippen LogP contribution in [0, 0.1) is 125 Å². The molecule has 0 aliphatic heterocycles. The lowest BCUT2D eigenvalue weighted by atomic mass is 9.99. The molecule has 8 nitrogen and oxygen atoms in total.